The van der Waals surface area contributed by atoms with Crippen LogP contribution >= 0.6 is 0 Å². The molecule has 1 heterocycles. The van der Waals surface area contributed by atoms with Crippen molar-refractivity contribution in [3.8, 4) is 0 Å². The highest BCUT2D eigenvalue weighted by molar-refractivity contribution is 7.85. The quantitative estimate of drug-likeness (QED) is 0.527. The Kier molecular flexibility index (Phi) is 2.86. The van der Waals surface area contributed by atoms with Gasteiger partial charge in [-0.2, -0.15) is 0 Å². The first-order valence-electron chi connectivity index (χ1n) is 3.89. The standard InChI is InChI=1S/C7H15NOS/c1-7(2)8-3-5-10(9)6-4-8/h7H,3-6H2,1-2H3/p+1. The second-order valence-corrected chi connectivity index (χ2v) is 4.86. The zero-order valence-electron chi connectivity index (χ0n) is 6.72. The van der Waals surface area contributed by atoms with E-state index in [1.54, 1.807) is 4.90 Å². The molecule has 60 valence electrons. The third-order valence-corrected chi connectivity index (χ3v) is 3.44. The van der Waals surface area contributed by atoms with Crippen LogP contribution in [0.5, 0.6) is 0 Å². The Morgan fingerprint density at radius 3 is 2.20 bits per heavy atom. The predicted molar refractivity (Wildman–Crippen MR) is 43.7 cm³/mol. The lowest BCUT2D eigenvalue weighted by Gasteiger charge is -2.26. The van der Waals surface area contributed by atoms with Gasteiger partial charge in [-0.05, 0) is 13.8 Å². The second kappa shape index (κ2) is 3.49. The highest BCUT2D eigenvalue weighted by atomic mass is 32.2. The number of hydrogen-bond acceptors (Lipinski definition) is 1. The summed E-state index contributed by atoms with van der Waals surface area (Å²) in [6.45, 7) is 6.65. The number of hydrogen-bond donors (Lipinski definition) is 1. The Labute approximate surface area is 65.1 Å². The summed E-state index contributed by atoms with van der Waals surface area (Å²) in [5.74, 6) is 1.82. The molecule has 1 N–H and O–H groups in total. The maximum atomic E-state index is 10.9. The van der Waals surface area contributed by atoms with Crippen molar-refractivity contribution in [1.82, 2.24) is 0 Å². The van der Waals surface area contributed by atoms with Crippen molar-refractivity contribution >= 4 is 10.8 Å². The normalized spacial score (nSPS) is 34.7. The van der Waals surface area contributed by atoms with Crippen LogP contribution in [0.4, 0.5) is 0 Å². The Morgan fingerprint density at radius 2 is 1.80 bits per heavy atom. The van der Waals surface area contributed by atoms with Gasteiger partial charge in [0.05, 0.1) is 30.6 Å². The van der Waals surface area contributed by atoms with Crippen molar-refractivity contribution in [2.75, 3.05) is 24.6 Å². The Hall–Kier alpha value is 0.110. The molecule has 0 unspecified atom stereocenters. The van der Waals surface area contributed by atoms with Crippen molar-refractivity contribution in [2.45, 2.75) is 19.9 Å². The Balaban J connectivity index is 2.33. The summed E-state index contributed by atoms with van der Waals surface area (Å²) in [4.78, 5) is 1.61. The average molecular weight is 162 g/mol. The van der Waals surface area contributed by atoms with E-state index in [9.17, 15) is 4.21 Å². The molecule has 0 saturated carbocycles. The van der Waals surface area contributed by atoms with Gasteiger partial charge in [0.1, 0.15) is 0 Å². The van der Waals surface area contributed by atoms with Crippen LogP contribution < -0.4 is 4.90 Å². The molecule has 0 bridgehead atoms. The van der Waals surface area contributed by atoms with Gasteiger partial charge >= 0.3 is 0 Å². The van der Waals surface area contributed by atoms with E-state index in [0.29, 0.717) is 6.04 Å². The first-order valence-corrected chi connectivity index (χ1v) is 5.38. The molecule has 2 nitrogen and oxygen atoms in total. The van der Waals surface area contributed by atoms with Crippen LogP contribution in [-0.4, -0.2) is 34.8 Å². The zero-order chi connectivity index (χ0) is 7.56. The zero-order valence-corrected chi connectivity index (χ0v) is 7.54. The summed E-state index contributed by atoms with van der Waals surface area (Å²) < 4.78 is 10.9. The minimum atomic E-state index is -0.498. The third-order valence-electron chi connectivity index (χ3n) is 2.12. The summed E-state index contributed by atoms with van der Waals surface area (Å²) in [7, 11) is -0.498. The van der Waals surface area contributed by atoms with Gasteiger partial charge in [0.15, 0.2) is 0 Å². The van der Waals surface area contributed by atoms with Crippen LogP contribution in [-0.2, 0) is 10.8 Å². The van der Waals surface area contributed by atoms with E-state index in [1.807, 2.05) is 0 Å². The fraction of sp³-hybridized carbons (Fsp3) is 1.00. The summed E-state index contributed by atoms with van der Waals surface area (Å²) in [6.07, 6.45) is 0. The molecule has 0 aromatic rings. The fourth-order valence-electron chi connectivity index (χ4n) is 1.29. The summed E-state index contributed by atoms with van der Waals surface area (Å²) >= 11 is 0. The largest absolute Gasteiger partial charge is 0.331 e. The van der Waals surface area contributed by atoms with Gasteiger partial charge in [0.2, 0.25) is 0 Å². The molecule has 10 heavy (non-hydrogen) atoms. The number of nitrogens with one attached hydrogen (secondary N) is 1. The van der Waals surface area contributed by atoms with E-state index in [1.165, 1.54) is 0 Å². The van der Waals surface area contributed by atoms with Crippen LogP contribution in [0.2, 0.25) is 0 Å². The topological polar surface area (TPSA) is 21.5 Å². The molecule has 0 radical (unpaired) electrons. The SMILES string of the molecule is CC(C)[NH+]1CCS(=O)CC1. The highest BCUT2D eigenvalue weighted by Crippen LogP contribution is 1.84. The molecule has 0 aromatic carbocycles. The van der Waals surface area contributed by atoms with Crippen molar-refractivity contribution in [3.63, 3.8) is 0 Å². The third kappa shape index (κ3) is 2.06. The lowest BCUT2D eigenvalue weighted by atomic mass is 10.3. The highest BCUT2D eigenvalue weighted by Gasteiger charge is 2.20. The van der Waals surface area contributed by atoms with E-state index in [2.05, 4.69) is 13.8 Å². The molecule has 0 aromatic heterocycles. The molecule has 0 spiro atoms. The van der Waals surface area contributed by atoms with Gasteiger partial charge in [-0.1, -0.05) is 0 Å². The molecule has 0 atom stereocenters. The van der Waals surface area contributed by atoms with Crippen molar-refractivity contribution in [1.29, 1.82) is 0 Å². The minimum Gasteiger partial charge on any atom is -0.331 e. The van der Waals surface area contributed by atoms with Crippen LogP contribution in [0.3, 0.4) is 0 Å². The molecular weight excluding hydrogens is 146 g/mol. The van der Waals surface area contributed by atoms with E-state index in [4.69, 9.17) is 0 Å². The predicted octanol–water partition coefficient (Wildman–Crippen LogP) is -0.958. The molecule has 1 rings (SSSR count). The van der Waals surface area contributed by atoms with E-state index in [-0.39, 0.29) is 0 Å². The van der Waals surface area contributed by atoms with E-state index >= 15 is 0 Å². The van der Waals surface area contributed by atoms with E-state index < -0.39 is 10.8 Å². The monoisotopic (exact) mass is 162 g/mol. The molecule has 3 heteroatoms. The molecule has 1 aliphatic rings. The van der Waals surface area contributed by atoms with Crippen LogP contribution in [0.25, 0.3) is 0 Å². The van der Waals surface area contributed by atoms with E-state index in [0.717, 1.165) is 24.6 Å². The van der Waals surface area contributed by atoms with Gasteiger partial charge in [-0.3, -0.25) is 4.21 Å². The maximum absolute atomic E-state index is 10.9. The second-order valence-electron chi connectivity index (χ2n) is 3.16. The lowest BCUT2D eigenvalue weighted by molar-refractivity contribution is -0.917. The van der Waals surface area contributed by atoms with Gasteiger partial charge in [0, 0.05) is 10.8 Å². The molecular formula is C7H16NOS+. The number of quaternary nitrogens is 1. The smallest absolute Gasteiger partial charge is 0.0890 e. The molecule has 0 aliphatic carbocycles. The summed E-state index contributed by atoms with van der Waals surface area (Å²) in [5, 5.41) is 0. The first-order chi connectivity index (χ1) is 4.70. The van der Waals surface area contributed by atoms with Gasteiger partial charge in [0.25, 0.3) is 0 Å². The number of rotatable bonds is 1. The van der Waals surface area contributed by atoms with Crippen molar-refractivity contribution in [3.05, 3.63) is 0 Å². The van der Waals surface area contributed by atoms with Gasteiger partial charge < -0.3 is 4.90 Å². The average Bonchev–Trinajstić information content (AvgIpc) is 1.88. The van der Waals surface area contributed by atoms with Gasteiger partial charge in [-0.25, -0.2) is 0 Å². The van der Waals surface area contributed by atoms with Crippen LogP contribution in [0, 0.1) is 0 Å². The molecule has 1 fully saturated rings. The summed E-state index contributed by atoms with van der Waals surface area (Å²) in [5.41, 5.74) is 0. The molecule has 1 aliphatic heterocycles. The Morgan fingerprint density at radius 1 is 1.30 bits per heavy atom. The molecule has 0 amide bonds. The summed E-state index contributed by atoms with van der Waals surface area (Å²) in [6, 6.07) is 0.706. The lowest BCUT2D eigenvalue weighted by Crippen LogP contribution is -3.17. The fourth-order valence-corrected chi connectivity index (χ4v) is 2.48. The van der Waals surface area contributed by atoms with Crippen molar-refractivity contribution in [2.24, 2.45) is 0 Å². The minimum absolute atomic E-state index is 0.498. The van der Waals surface area contributed by atoms with Gasteiger partial charge in [-0.15, -0.1) is 0 Å². The Bertz CT molecular complexity index is 126. The van der Waals surface area contributed by atoms with Crippen molar-refractivity contribution < 1.29 is 9.11 Å². The van der Waals surface area contributed by atoms with Crippen LogP contribution in [0.1, 0.15) is 13.8 Å². The molecule has 1 saturated heterocycles. The maximum Gasteiger partial charge on any atom is 0.0890 e. The first kappa shape index (κ1) is 8.21. The van der Waals surface area contributed by atoms with Crippen LogP contribution in [0.15, 0.2) is 0 Å².